The highest BCUT2D eigenvalue weighted by Crippen LogP contribution is 2.26. The van der Waals surface area contributed by atoms with Gasteiger partial charge in [0, 0.05) is 12.1 Å². The van der Waals surface area contributed by atoms with Crippen molar-refractivity contribution in [1.82, 2.24) is 9.78 Å². The summed E-state index contributed by atoms with van der Waals surface area (Å²) in [6, 6.07) is 9.81. The van der Waals surface area contributed by atoms with Crippen LogP contribution in [0.3, 0.4) is 0 Å². The van der Waals surface area contributed by atoms with Crippen LogP contribution in [-0.2, 0) is 12.0 Å². The standard InChI is InChI=1S/C17H22N2O2/c1-5-10-19-15(16(20)21)11-14(18-19)12-6-8-13(9-7-12)17(2,3)4/h6-9,11H,5,10H2,1-4H3,(H,20,21). The van der Waals surface area contributed by atoms with Crippen molar-refractivity contribution in [3.05, 3.63) is 41.6 Å². The van der Waals surface area contributed by atoms with Crippen LogP contribution in [0.2, 0.25) is 0 Å². The molecule has 1 aromatic heterocycles. The molecule has 0 radical (unpaired) electrons. The van der Waals surface area contributed by atoms with Crippen LogP contribution >= 0.6 is 0 Å². The van der Waals surface area contributed by atoms with Crippen LogP contribution in [0.4, 0.5) is 0 Å². The maximum atomic E-state index is 11.3. The Morgan fingerprint density at radius 1 is 1.24 bits per heavy atom. The molecule has 0 spiro atoms. The Labute approximate surface area is 125 Å². The summed E-state index contributed by atoms with van der Waals surface area (Å²) in [7, 11) is 0. The predicted octanol–water partition coefficient (Wildman–Crippen LogP) is 3.96. The summed E-state index contributed by atoms with van der Waals surface area (Å²) in [4.78, 5) is 11.3. The second-order valence-electron chi connectivity index (χ2n) is 6.27. The molecule has 2 rings (SSSR count). The molecule has 0 unspecified atom stereocenters. The third-order valence-corrected chi connectivity index (χ3v) is 3.48. The van der Waals surface area contributed by atoms with Gasteiger partial charge >= 0.3 is 5.97 Å². The van der Waals surface area contributed by atoms with E-state index in [1.54, 1.807) is 10.7 Å². The molecule has 0 aliphatic heterocycles. The third-order valence-electron chi connectivity index (χ3n) is 3.48. The Hall–Kier alpha value is -2.10. The van der Waals surface area contributed by atoms with E-state index in [9.17, 15) is 9.90 Å². The highest BCUT2D eigenvalue weighted by atomic mass is 16.4. The van der Waals surface area contributed by atoms with Crippen molar-refractivity contribution in [2.45, 2.75) is 46.1 Å². The molecule has 0 fully saturated rings. The number of aryl methyl sites for hydroxylation is 1. The van der Waals surface area contributed by atoms with E-state index in [-0.39, 0.29) is 11.1 Å². The SMILES string of the molecule is CCCn1nc(-c2ccc(C(C)(C)C)cc2)cc1C(=O)O. The lowest BCUT2D eigenvalue weighted by molar-refractivity contribution is 0.0683. The summed E-state index contributed by atoms with van der Waals surface area (Å²) in [5, 5.41) is 13.7. The molecule has 0 bridgehead atoms. The molecule has 0 amide bonds. The molecule has 0 saturated heterocycles. The first-order chi connectivity index (χ1) is 9.82. The molecule has 4 nitrogen and oxygen atoms in total. The highest BCUT2D eigenvalue weighted by molar-refractivity contribution is 5.87. The second-order valence-corrected chi connectivity index (χ2v) is 6.27. The lowest BCUT2D eigenvalue weighted by atomic mass is 9.86. The summed E-state index contributed by atoms with van der Waals surface area (Å²) in [5.74, 6) is -0.937. The van der Waals surface area contributed by atoms with E-state index in [2.05, 4.69) is 38.0 Å². The summed E-state index contributed by atoms with van der Waals surface area (Å²) >= 11 is 0. The molecule has 21 heavy (non-hydrogen) atoms. The minimum atomic E-state index is -0.937. The minimum Gasteiger partial charge on any atom is -0.477 e. The number of carboxylic acids is 1. The molecule has 0 atom stereocenters. The molecule has 0 aliphatic rings. The van der Waals surface area contributed by atoms with E-state index in [0.717, 1.165) is 12.0 Å². The van der Waals surface area contributed by atoms with Crippen LogP contribution in [0.1, 0.15) is 50.2 Å². The Bertz CT molecular complexity index is 634. The average Bonchev–Trinajstić information content (AvgIpc) is 2.82. The van der Waals surface area contributed by atoms with E-state index in [1.807, 2.05) is 19.1 Å². The monoisotopic (exact) mass is 286 g/mol. The van der Waals surface area contributed by atoms with Crippen LogP contribution in [0.5, 0.6) is 0 Å². The number of hydrogen-bond acceptors (Lipinski definition) is 2. The van der Waals surface area contributed by atoms with E-state index < -0.39 is 5.97 Å². The molecule has 1 aromatic carbocycles. The quantitative estimate of drug-likeness (QED) is 0.925. The lowest BCUT2D eigenvalue weighted by Crippen LogP contribution is -2.10. The van der Waals surface area contributed by atoms with E-state index in [0.29, 0.717) is 12.2 Å². The summed E-state index contributed by atoms with van der Waals surface area (Å²) in [6.07, 6.45) is 0.852. The fourth-order valence-electron chi connectivity index (χ4n) is 2.25. The zero-order valence-electron chi connectivity index (χ0n) is 13.1. The number of hydrogen-bond donors (Lipinski definition) is 1. The maximum Gasteiger partial charge on any atom is 0.354 e. The predicted molar refractivity (Wildman–Crippen MR) is 83.6 cm³/mol. The van der Waals surface area contributed by atoms with E-state index >= 15 is 0 Å². The smallest absolute Gasteiger partial charge is 0.354 e. The van der Waals surface area contributed by atoms with Gasteiger partial charge in [-0.05, 0) is 23.5 Å². The second kappa shape index (κ2) is 5.72. The highest BCUT2D eigenvalue weighted by Gasteiger charge is 2.16. The fourth-order valence-corrected chi connectivity index (χ4v) is 2.25. The van der Waals surface area contributed by atoms with Crippen molar-refractivity contribution in [2.75, 3.05) is 0 Å². The Balaban J connectivity index is 2.38. The number of nitrogens with zero attached hydrogens (tertiary/aromatic N) is 2. The first-order valence-corrected chi connectivity index (χ1v) is 7.25. The lowest BCUT2D eigenvalue weighted by Gasteiger charge is -2.18. The number of carbonyl (C=O) groups is 1. The van der Waals surface area contributed by atoms with Gasteiger partial charge < -0.3 is 5.11 Å². The summed E-state index contributed by atoms with van der Waals surface area (Å²) in [5.41, 5.74) is 3.25. The van der Waals surface area contributed by atoms with E-state index in [1.165, 1.54) is 5.56 Å². The number of rotatable bonds is 4. The Morgan fingerprint density at radius 3 is 2.33 bits per heavy atom. The van der Waals surface area contributed by atoms with Gasteiger partial charge in [-0.3, -0.25) is 4.68 Å². The Morgan fingerprint density at radius 2 is 1.86 bits per heavy atom. The first kappa shape index (κ1) is 15.3. The van der Waals surface area contributed by atoms with Crippen molar-refractivity contribution in [3.8, 4) is 11.3 Å². The number of aromatic carboxylic acids is 1. The van der Waals surface area contributed by atoms with Crippen LogP contribution in [0, 0.1) is 0 Å². The minimum absolute atomic E-state index is 0.103. The molecule has 4 heteroatoms. The van der Waals surface area contributed by atoms with Gasteiger partial charge in [-0.15, -0.1) is 0 Å². The van der Waals surface area contributed by atoms with Crippen LogP contribution < -0.4 is 0 Å². The molecular formula is C17H22N2O2. The maximum absolute atomic E-state index is 11.3. The van der Waals surface area contributed by atoms with Gasteiger partial charge in [0.2, 0.25) is 0 Å². The van der Waals surface area contributed by atoms with Crippen LogP contribution in [-0.4, -0.2) is 20.9 Å². The first-order valence-electron chi connectivity index (χ1n) is 7.25. The van der Waals surface area contributed by atoms with Gasteiger partial charge in [-0.2, -0.15) is 5.10 Å². The molecular weight excluding hydrogens is 264 g/mol. The van der Waals surface area contributed by atoms with Gasteiger partial charge in [0.15, 0.2) is 0 Å². The van der Waals surface area contributed by atoms with Crippen molar-refractivity contribution < 1.29 is 9.90 Å². The van der Waals surface area contributed by atoms with Crippen molar-refractivity contribution >= 4 is 5.97 Å². The Kier molecular flexibility index (Phi) is 4.16. The van der Waals surface area contributed by atoms with Gasteiger partial charge in [-0.1, -0.05) is 52.0 Å². The third kappa shape index (κ3) is 3.32. The average molecular weight is 286 g/mol. The van der Waals surface area contributed by atoms with Crippen LogP contribution in [0.15, 0.2) is 30.3 Å². The molecule has 0 saturated carbocycles. The van der Waals surface area contributed by atoms with Gasteiger partial charge in [-0.25, -0.2) is 4.79 Å². The topological polar surface area (TPSA) is 55.1 Å². The zero-order valence-corrected chi connectivity index (χ0v) is 13.1. The number of carboxylic acid groups (broad SMARTS) is 1. The van der Waals surface area contributed by atoms with Gasteiger partial charge in [0.25, 0.3) is 0 Å². The number of aromatic nitrogens is 2. The van der Waals surface area contributed by atoms with Gasteiger partial charge in [0.1, 0.15) is 5.69 Å². The van der Waals surface area contributed by atoms with Crippen molar-refractivity contribution in [2.24, 2.45) is 0 Å². The van der Waals surface area contributed by atoms with Crippen LogP contribution in [0.25, 0.3) is 11.3 Å². The molecule has 2 aromatic rings. The van der Waals surface area contributed by atoms with Gasteiger partial charge in [0.05, 0.1) is 5.69 Å². The number of benzene rings is 1. The normalized spacial score (nSPS) is 11.6. The molecule has 1 N–H and O–H groups in total. The molecule has 112 valence electrons. The fraction of sp³-hybridized carbons (Fsp3) is 0.412. The van der Waals surface area contributed by atoms with Crippen molar-refractivity contribution in [1.29, 1.82) is 0 Å². The zero-order chi connectivity index (χ0) is 15.6. The molecule has 0 aliphatic carbocycles. The summed E-state index contributed by atoms with van der Waals surface area (Å²) in [6.45, 7) is 9.12. The van der Waals surface area contributed by atoms with E-state index in [4.69, 9.17) is 0 Å². The largest absolute Gasteiger partial charge is 0.477 e. The molecule has 1 heterocycles. The van der Waals surface area contributed by atoms with Crippen molar-refractivity contribution in [3.63, 3.8) is 0 Å². The summed E-state index contributed by atoms with van der Waals surface area (Å²) < 4.78 is 1.56.